The molecule has 0 bridgehead atoms. The molecule has 0 radical (unpaired) electrons. The third-order valence-electron chi connectivity index (χ3n) is 2.83. The number of hydrogen-bond donors (Lipinski definition) is 1. The highest BCUT2D eigenvalue weighted by Crippen LogP contribution is 2.15. The van der Waals surface area contributed by atoms with Crippen LogP contribution in [0.2, 0.25) is 0 Å². The zero-order valence-corrected chi connectivity index (χ0v) is 13.6. The summed E-state index contributed by atoms with van der Waals surface area (Å²) < 4.78 is 50.6. The van der Waals surface area contributed by atoms with Gasteiger partial charge in [-0.3, -0.25) is 4.79 Å². The summed E-state index contributed by atoms with van der Waals surface area (Å²) in [5.74, 6) is -2.04. The summed E-state index contributed by atoms with van der Waals surface area (Å²) in [6.45, 7) is 4.04. The highest BCUT2D eigenvalue weighted by Gasteiger charge is 2.19. The number of amides is 1. The van der Waals surface area contributed by atoms with Gasteiger partial charge >= 0.3 is 0 Å². The van der Waals surface area contributed by atoms with Crippen molar-refractivity contribution >= 4 is 21.6 Å². The highest BCUT2D eigenvalue weighted by molar-refractivity contribution is 7.88. The second-order valence-corrected chi connectivity index (χ2v) is 7.42. The molecule has 1 amide bonds. The van der Waals surface area contributed by atoms with E-state index >= 15 is 0 Å². The summed E-state index contributed by atoms with van der Waals surface area (Å²) in [4.78, 5) is 11.8. The summed E-state index contributed by atoms with van der Waals surface area (Å²) >= 11 is 0. The SMILES string of the molecule is CC(C)CN(CCC(=O)Nc1ccc(F)cc1F)S(C)(=O)=O. The molecule has 0 aliphatic heterocycles. The second kappa shape index (κ2) is 7.64. The number of anilines is 1. The van der Waals surface area contributed by atoms with Gasteiger partial charge in [-0.05, 0) is 18.1 Å². The van der Waals surface area contributed by atoms with Gasteiger partial charge in [0.1, 0.15) is 11.6 Å². The van der Waals surface area contributed by atoms with Crippen LogP contribution in [0.1, 0.15) is 20.3 Å². The predicted molar refractivity (Wildman–Crippen MR) is 80.9 cm³/mol. The lowest BCUT2D eigenvalue weighted by Crippen LogP contribution is -2.35. The van der Waals surface area contributed by atoms with Crippen molar-refractivity contribution in [2.24, 2.45) is 5.92 Å². The number of benzene rings is 1. The highest BCUT2D eigenvalue weighted by atomic mass is 32.2. The first kappa shape index (κ1) is 18.5. The van der Waals surface area contributed by atoms with Crippen LogP contribution in [0.3, 0.4) is 0 Å². The monoisotopic (exact) mass is 334 g/mol. The maximum Gasteiger partial charge on any atom is 0.225 e. The van der Waals surface area contributed by atoms with E-state index in [1.807, 2.05) is 13.8 Å². The normalized spacial score (nSPS) is 12.0. The molecule has 0 saturated carbocycles. The van der Waals surface area contributed by atoms with Crippen LogP contribution in [-0.2, 0) is 14.8 Å². The Hall–Kier alpha value is -1.54. The molecule has 8 heteroatoms. The van der Waals surface area contributed by atoms with Gasteiger partial charge < -0.3 is 5.32 Å². The van der Waals surface area contributed by atoms with Gasteiger partial charge in [0, 0.05) is 25.6 Å². The van der Waals surface area contributed by atoms with Crippen LogP contribution in [0.5, 0.6) is 0 Å². The molecule has 0 aliphatic carbocycles. The summed E-state index contributed by atoms with van der Waals surface area (Å²) in [6, 6.07) is 2.81. The molecule has 5 nitrogen and oxygen atoms in total. The lowest BCUT2D eigenvalue weighted by Gasteiger charge is -2.21. The van der Waals surface area contributed by atoms with E-state index in [9.17, 15) is 22.0 Å². The second-order valence-electron chi connectivity index (χ2n) is 5.44. The van der Waals surface area contributed by atoms with E-state index in [0.29, 0.717) is 12.6 Å². The van der Waals surface area contributed by atoms with Gasteiger partial charge in [0.15, 0.2) is 0 Å². The average molecular weight is 334 g/mol. The maximum atomic E-state index is 13.4. The zero-order valence-electron chi connectivity index (χ0n) is 12.8. The van der Waals surface area contributed by atoms with E-state index < -0.39 is 27.6 Å². The number of nitrogens with one attached hydrogen (secondary N) is 1. The Morgan fingerprint density at radius 2 is 1.95 bits per heavy atom. The van der Waals surface area contributed by atoms with Crippen molar-refractivity contribution < 1.29 is 22.0 Å². The number of halogens is 2. The molecule has 1 aromatic rings. The minimum atomic E-state index is -3.41. The van der Waals surface area contributed by atoms with Gasteiger partial charge in [-0.2, -0.15) is 0 Å². The molecule has 1 N–H and O–H groups in total. The molecule has 124 valence electrons. The van der Waals surface area contributed by atoms with Crippen molar-refractivity contribution in [2.75, 3.05) is 24.7 Å². The van der Waals surface area contributed by atoms with Crippen LogP contribution in [-0.4, -0.2) is 38.0 Å². The Kier molecular flexibility index (Phi) is 6.43. The number of carbonyl (C=O) groups is 1. The van der Waals surface area contributed by atoms with Crippen molar-refractivity contribution in [3.63, 3.8) is 0 Å². The number of rotatable bonds is 7. The van der Waals surface area contributed by atoms with E-state index in [1.165, 1.54) is 4.31 Å². The Morgan fingerprint density at radius 1 is 1.32 bits per heavy atom. The smallest absolute Gasteiger partial charge is 0.225 e. The first-order valence-corrected chi connectivity index (χ1v) is 8.64. The Labute approximate surface area is 129 Å². The van der Waals surface area contributed by atoms with Crippen molar-refractivity contribution in [3.05, 3.63) is 29.8 Å². The molecule has 1 rings (SSSR count). The Balaban J connectivity index is 2.64. The van der Waals surface area contributed by atoms with Gasteiger partial charge in [0.25, 0.3) is 0 Å². The minimum Gasteiger partial charge on any atom is -0.324 e. The van der Waals surface area contributed by atoms with Crippen LogP contribution in [0.25, 0.3) is 0 Å². The van der Waals surface area contributed by atoms with E-state index in [0.717, 1.165) is 18.4 Å². The van der Waals surface area contributed by atoms with Gasteiger partial charge in [0.2, 0.25) is 15.9 Å². The molecule has 22 heavy (non-hydrogen) atoms. The largest absolute Gasteiger partial charge is 0.324 e. The Morgan fingerprint density at radius 3 is 2.45 bits per heavy atom. The third-order valence-corrected chi connectivity index (χ3v) is 4.10. The fourth-order valence-electron chi connectivity index (χ4n) is 1.83. The average Bonchev–Trinajstić information content (AvgIpc) is 2.36. The molecule has 1 aromatic carbocycles. The van der Waals surface area contributed by atoms with E-state index in [1.54, 1.807) is 0 Å². The maximum absolute atomic E-state index is 13.4. The molecule has 0 atom stereocenters. The number of sulfonamides is 1. The minimum absolute atomic E-state index is 0.00562. The van der Waals surface area contributed by atoms with Gasteiger partial charge in [-0.15, -0.1) is 0 Å². The lowest BCUT2D eigenvalue weighted by atomic mass is 10.2. The first-order chi connectivity index (χ1) is 10.1. The van der Waals surface area contributed by atoms with Crippen LogP contribution in [0.15, 0.2) is 18.2 Å². The van der Waals surface area contributed by atoms with Crippen molar-refractivity contribution in [1.82, 2.24) is 4.31 Å². The molecule has 0 aromatic heterocycles. The summed E-state index contributed by atoms with van der Waals surface area (Å²) in [7, 11) is -3.41. The summed E-state index contributed by atoms with van der Waals surface area (Å²) in [6.07, 6.45) is 0.962. The molecule has 0 aliphatic rings. The standard InChI is InChI=1S/C14H20F2N2O3S/c1-10(2)9-18(22(3,20)21)7-6-14(19)17-13-5-4-11(15)8-12(13)16/h4-5,8,10H,6-7,9H2,1-3H3,(H,17,19). The molecule has 0 spiro atoms. The van der Waals surface area contributed by atoms with Crippen molar-refractivity contribution in [3.8, 4) is 0 Å². The van der Waals surface area contributed by atoms with Crippen LogP contribution in [0.4, 0.5) is 14.5 Å². The van der Waals surface area contributed by atoms with Crippen molar-refractivity contribution in [2.45, 2.75) is 20.3 Å². The number of nitrogens with zero attached hydrogens (tertiary/aromatic N) is 1. The van der Waals surface area contributed by atoms with Crippen LogP contribution < -0.4 is 5.32 Å². The third kappa shape index (κ3) is 6.07. The molecular formula is C14H20F2N2O3S. The van der Waals surface area contributed by atoms with Gasteiger partial charge in [-0.25, -0.2) is 21.5 Å². The van der Waals surface area contributed by atoms with Gasteiger partial charge in [-0.1, -0.05) is 13.8 Å². The zero-order chi connectivity index (χ0) is 16.9. The summed E-state index contributed by atoms with van der Waals surface area (Å²) in [5, 5.41) is 2.30. The number of hydrogen-bond acceptors (Lipinski definition) is 3. The lowest BCUT2D eigenvalue weighted by molar-refractivity contribution is -0.116. The van der Waals surface area contributed by atoms with Crippen LogP contribution in [0, 0.1) is 17.6 Å². The molecular weight excluding hydrogens is 314 g/mol. The Bertz CT molecular complexity index is 633. The molecule has 0 heterocycles. The van der Waals surface area contributed by atoms with Gasteiger partial charge in [0.05, 0.1) is 11.9 Å². The number of carbonyl (C=O) groups excluding carboxylic acids is 1. The topological polar surface area (TPSA) is 66.5 Å². The van der Waals surface area contributed by atoms with Crippen molar-refractivity contribution in [1.29, 1.82) is 0 Å². The molecule has 0 unspecified atom stereocenters. The van der Waals surface area contributed by atoms with E-state index in [-0.39, 0.29) is 24.6 Å². The predicted octanol–water partition coefficient (Wildman–Crippen LogP) is 2.21. The quantitative estimate of drug-likeness (QED) is 0.831. The van der Waals surface area contributed by atoms with E-state index in [4.69, 9.17) is 0 Å². The fourth-order valence-corrected chi connectivity index (χ4v) is 2.82. The summed E-state index contributed by atoms with van der Waals surface area (Å²) in [5.41, 5.74) is -0.138. The fraction of sp³-hybridized carbons (Fsp3) is 0.500. The first-order valence-electron chi connectivity index (χ1n) is 6.79. The molecule has 0 fully saturated rings. The van der Waals surface area contributed by atoms with E-state index in [2.05, 4.69) is 5.32 Å². The van der Waals surface area contributed by atoms with Crippen LogP contribution >= 0.6 is 0 Å². The molecule has 0 saturated heterocycles.